The van der Waals surface area contributed by atoms with E-state index in [1.165, 1.54) is 18.3 Å². The highest BCUT2D eigenvalue weighted by atomic mass is 32.2. The first-order chi connectivity index (χ1) is 12.5. The van der Waals surface area contributed by atoms with Crippen LogP contribution in [0, 0.1) is 5.82 Å². The van der Waals surface area contributed by atoms with Gasteiger partial charge in [0.1, 0.15) is 11.6 Å². The lowest BCUT2D eigenvalue weighted by Gasteiger charge is -2.11. The van der Waals surface area contributed by atoms with E-state index in [0.29, 0.717) is 11.5 Å². The summed E-state index contributed by atoms with van der Waals surface area (Å²) in [6.45, 7) is 2.07. The van der Waals surface area contributed by atoms with Crippen LogP contribution in [0.5, 0.6) is 0 Å². The molecule has 5 nitrogen and oxygen atoms in total. The molecular weight excluding hydrogens is 353 g/mol. The van der Waals surface area contributed by atoms with Crippen LogP contribution in [0.25, 0.3) is 0 Å². The van der Waals surface area contributed by atoms with Crippen molar-refractivity contribution in [1.29, 1.82) is 0 Å². The number of sulfonamides is 1. The molecule has 0 amide bonds. The number of hydrogen-bond donors (Lipinski definition) is 2. The summed E-state index contributed by atoms with van der Waals surface area (Å²) >= 11 is 0. The largest absolute Gasteiger partial charge is 0.340 e. The van der Waals surface area contributed by atoms with E-state index in [9.17, 15) is 12.8 Å². The summed E-state index contributed by atoms with van der Waals surface area (Å²) in [6, 6.07) is 15.8. The smallest absolute Gasteiger partial charge is 0.261 e. The molecule has 26 heavy (non-hydrogen) atoms. The zero-order valence-electron chi connectivity index (χ0n) is 14.1. The number of pyridine rings is 1. The van der Waals surface area contributed by atoms with Gasteiger partial charge in [0.15, 0.2) is 0 Å². The van der Waals surface area contributed by atoms with E-state index in [4.69, 9.17) is 0 Å². The second-order valence-corrected chi connectivity index (χ2v) is 7.31. The molecule has 0 spiro atoms. The highest BCUT2D eigenvalue weighted by Gasteiger charge is 2.14. The predicted molar refractivity (Wildman–Crippen MR) is 101 cm³/mol. The maximum atomic E-state index is 12.9. The zero-order valence-corrected chi connectivity index (χ0v) is 14.9. The van der Waals surface area contributed by atoms with Crippen molar-refractivity contribution in [3.8, 4) is 0 Å². The maximum Gasteiger partial charge on any atom is 0.261 e. The quantitative estimate of drug-likeness (QED) is 0.677. The summed E-state index contributed by atoms with van der Waals surface area (Å²) in [5, 5.41) is 3.22. The molecule has 1 aromatic heterocycles. The van der Waals surface area contributed by atoms with Gasteiger partial charge in [0, 0.05) is 5.69 Å². The van der Waals surface area contributed by atoms with Gasteiger partial charge in [-0.3, -0.25) is 4.72 Å². The van der Waals surface area contributed by atoms with Gasteiger partial charge in [-0.05, 0) is 54.4 Å². The number of nitrogens with zero attached hydrogens (tertiary/aromatic N) is 1. The Bertz CT molecular complexity index is 988. The third-order valence-electron chi connectivity index (χ3n) is 3.80. The summed E-state index contributed by atoms with van der Waals surface area (Å²) in [5.41, 5.74) is 2.45. The maximum absolute atomic E-state index is 12.9. The minimum Gasteiger partial charge on any atom is -0.340 e. The normalized spacial score (nSPS) is 11.2. The van der Waals surface area contributed by atoms with E-state index in [1.54, 1.807) is 12.1 Å². The van der Waals surface area contributed by atoms with Crippen molar-refractivity contribution in [2.24, 2.45) is 0 Å². The van der Waals surface area contributed by atoms with Crippen LogP contribution in [0.4, 0.5) is 21.6 Å². The van der Waals surface area contributed by atoms with Crippen molar-refractivity contribution < 1.29 is 12.8 Å². The van der Waals surface area contributed by atoms with E-state index in [0.717, 1.165) is 29.8 Å². The second-order valence-electron chi connectivity index (χ2n) is 5.63. The SMILES string of the molecule is CCc1ccccc1Nc1ccc(NS(=O)(=O)c2ccc(F)cc2)cn1. The van der Waals surface area contributed by atoms with E-state index >= 15 is 0 Å². The molecule has 0 aliphatic heterocycles. The Morgan fingerprint density at radius 1 is 1.00 bits per heavy atom. The molecule has 0 unspecified atom stereocenters. The monoisotopic (exact) mass is 371 g/mol. The zero-order chi connectivity index (χ0) is 18.6. The average molecular weight is 371 g/mol. The van der Waals surface area contributed by atoms with Gasteiger partial charge in [-0.1, -0.05) is 25.1 Å². The van der Waals surface area contributed by atoms with E-state index in [-0.39, 0.29) is 4.90 Å². The Balaban J connectivity index is 1.74. The summed E-state index contributed by atoms with van der Waals surface area (Å²) in [6.07, 6.45) is 2.32. The van der Waals surface area contributed by atoms with Gasteiger partial charge in [-0.25, -0.2) is 17.8 Å². The van der Waals surface area contributed by atoms with Crippen molar-refractivity contribution in [2.45, 2.75) is 18.2 Å². The van der Waals surface area contributed by atoms with Crippen molar-refractivity contribution >= 4 is 27.2 Å². The number of halogens is 1. The Kier molecular flexibility index (Phi) is 5.18. The van der Waals surface area contributed by atoms with Gasteiger partial charge >= 0.3 is 0 Å². The van der Waals surface area contributed by atoms with Gasteiger partial charge in [0.2, 0.25) is 0 Å². The van der Waals surface area contributed by atoms with Crippen LogP contribution in [0.3, 0.4) is 0 Å². The van der Waals surface area contributed by atoms with Crippen molar-refractivity contribution in [3.05, 3.63) is 78.2 Å². The highest BCUT2D eigenvalue weighted by molar-refractivity contribution is 7.92. The topological polar surface area (TPSA) is 71.1 Å². The first-order valence-corrected chi connectivity index (χ1v) is 9.55. The van der Waals surface area contributed by atoms with E-state index < -0.39 is 15.8 Å². The van der Waals surface area contributed by atoms with Gasteiger partial charge in [0.05, 0.1) is 16.8 Å². The molecule has 2 aromatic carbocycles. The average Bonchev–Trinajstić information content (AvgIpc) is 2.64. The van der Waals surface area contributed by atoms with Crippen LogP contribution >= 0.6 is 0 Å². The molecule has 7 heteroatoms. The van der Waals surface area contributed by atoms with Crippen LogP contribution in [0.1, 0.15) is 12.5 Å². The third-order valence-corrected chi connectivity index (χ3v) is 5.20. The van der Waals surface area contributed by atoms with Crippen LogP contribution < -0.4 is 10.0 Å². The molecule has 0 aliphatic rings. The number of aromatic nitrogens is 1. The van der Waals surface area contributed by atoms with Crippen LogP contribution in [0.15, 0.2) is 71.8 Å². The Hall–Kier alpha value is -2.93. The fourth-order valence-corrected chi connectivity index (χ4v) is 3.49. The van der Waals surface area contributed by atoms with E-state index in [1.807, 2.05) is 24.3 Å². The van der Waals surface area contributed by atoms with Crippen molar-refractivity contribution in [3.63, 3.8) is 0 Å². The van der Waals surface area contributed by atoms with Crippen molar-refractivity contribution in [2.75, 3.05) is 10.0 Å². The lowest BCUT2D eigenvalue weighted by atomic mass is 10.1. The lowest BCUT2D eigenvalue weighted by Crippen LogP contribution is -2.13. The van der Waals surface area contributed by atoms with Crippen LogP contribution in [0.2, 0.25) is 0 Å². The number of rotatable bonds is 6. The number of nitrogens with one attached hydrogen (secondary N) is 2. The predicted octanol–water partition coefficient (Wildman–Crippen LogP) is 4.33. The summed E-state index contributed by atoms with van der Waals surface area (Å²) in [7, 11) is -3.79. The molecule has 0 atom stereocenters. The number of anilines is 3. The molecule has 3 aromatic rings. The summed E-state index contributed by atoms with van der Waals surface area (Å²) < 4.78 is 40.0. The molecule has 3 rings (SSSR count). The fraction of sp³-hybridized carbons (Fsp3) is 0.105. The molecule has 0 saturated heterocycles. The standard InChI is InChI=1S/C19H18FN3O2S/c1-2-14-5-3-4-6-18(14)22-19-12-9-16(13-21-19)23-26(24,25)17-10-7-15(20)8-11-17/h3-13,23H,2H2,1H3,(H,21,22). The molecule has 1 heterocycles. The summed E-state index contributed by atoms with van der Waals surface area (Å²) in [5.74, 6) is 0.115. The Morgan fingerprint density at radius 3 is 2.38 bits per heavy atom. The molecule has 0 aliphatic carbocycles. The minimum absolute atomic E-state index is 0.0158. The molecule has 0 saturated carbocycles. The number of aryl methyl sites for hydroxylation is 1. The number of hydrogen-bond acceptors (Lipinski definition) is 4. The Labute approximate surface area is 152 Å². The van der Waals surface area contributed by atoms with Gasteiger partial charge in [0.25, 0.3) is 10.0 Å². The summed E-state index contributed by atoms with van der Waals surface area (Å²) in [4.78, 5) is 4.23. The molecule has 0 fully saturated rings. The minimum atomic E-state index is -3.79. The highest BCUT2D eigenvalue weighted by Crippen LogP contribution is 2.22. The van der Waals surface area contributed by atoms with E-state index in [2.05, 4.69) is 21.9 Å². The van der Waals surface area contributed by atoms with Crippen LogP contribution in [-0.2, 0) is 16.4 Å². The molecule has 2 N–H and O–H groups in total. The van der Waals surface area contributed by atoms with Crippen LogP contribution in [-0.4, -0.2) is 13.4 Å². The lowest BCUT2D eigenvalue weighted by molar-refractivity contribution is 0.599. The van der Waals surface area contributed by atoms with Gasteiger partial charge < -0.3 is 5.32 Å². The first-order valence-electron chi connectivity index (χ1n) is 8.07. The fourth-order valence-electron chi connectivity index (χ4n) is 2.44. The first kappa shape index (κ1) is 17.9. The van der Waals surface area contributed by atoms with Gasteiger partial charge in [-0.2, -0.15) is 0 Å². The second kappa shape index (κ2) is 7.53. The Morgan fingerprint density at radius 2 is 1.73 bits per heavy atom. The molecule has 0 bridgehead atoms. The van der Waals surface area contributed by atoms with Crippen molar-refractivity contribution in [1.82, 2.24) is 4.98 Å². The molecular formula is C19H18FN3O2S. The molecule has 134 valence electrons. The number of benzene rings is 2. The van der Waals surface area contributed by atoms with Gasteiger partial charge in [-0.15, -0.1) is 0 Å². The molecule has 0 radical (unpaired) electrons. The third kappa shape index (κ3) is 4.18. The number of para-hydroxylation sites is 1.